The Hall–Kier alpha value is -1.16. The van der Waals surface area contributed by atoms with Crippen molar-refractivity contribution in [3.05, 3.63) is 17.0 Å². The number of thiophene rings is 1. The van der Waals surface area contributed by atoms with Crippen molar-refractivity contribution in [2.75, 3.05) is 5.32 Å². The van der Waals surface area contributed by atoms with E-state index in [0.29, 0.717) is 6.42 Å². The first-order chi connectivity index (χ1) is 6.59. The van der Waals surface area contributed by atoms with E-state index in [-0.39, 0.29) is 18.1 Å². The van der Waals surface area contributed by atoms with Gasteiger partial charge in [0.1, 0.15) is 5.78 Å². The quantitative estimate of drug-likeness (QED) is 0.831. The topological polar surface area (TPSA) is 46.2 Å². The maximum absolute atomic E-state index is 11.3. The van der Waals surface area contributed by atoms with Gasteiger partial charge in [-0.25, -0.2) is 0 Å². The van der Waals surface area contributed by atoms with Gasteiger partial charge in [-0.2, -0.15) is 0 Å². The zero-order valence-corrected chi connectivity index (χ0v) is 9.11. The summed E-state index contributed by atoms with van der Waals surface area (Å²) in [6.45, 7) is 3.43. The van der Waals surface area contributed by atoms with Gasteiger partial charge in [-0.05, 0) is 30.9 Å². The Morgan fingerprint density at radius 1 is 1.43 bits per heavy atom. The zero-order chi connectivity index (χ0) is 10.6. The molecule has 0 aliphatic rings. The molecule has 1 aromatic heterocycles. The lowest BCUT2D eigenvalue weighted by atomic mass is 10.2. The number of rotatable bonds is 4. The molecule has 1 amide bonds. The summed E-state index contributed by atoms with van der Waals surface area (Å²) in [5.41, 5.74) is 1.06. The first kappa shape index (κ1) is 10.9. The van der Waals surface area contributed by atoms with Gasteiger partial charge in [0.15, 0.2) is 0 Å². The summed E-state index contributed by atoms with van der Waals surface area (Å²) in [6.07, 6.45) is 0.586. The molecular formula is C10H13NO2S. The first-order valence-corrected chi connectivity index (χ1v) is 5.31. The third-order valence-electron chi connectivity index (χ3n) is 1.82. The smallest absolute Gasteiger partial charge is 0.225 e. The summed E-state index contributed by atoms with van der Waals surface area (Å²) in [7, 11) is 0. The standard InChI is InChI=1S/C10H13NO2S/c1-7-5-6-14-10(7)11-9(13)4-3-8(2)12/h5-6H,3-4H2,1-2H3,(H,11,13). The van der Waals surface area contributed by atoms with E-state index >= 15 is 0 Å². The van der Waals surface area contributed by atoms with Crippen LogP contribution in [0.3, 0.4) is 0 Å². The molecule has 0 bridgehead atoms. The highest BCUT2D eigenvalue weighted by Gasteiger charge is 2.06. The average Bonchev–Trinajstić information content (AvgIpc) is 2.49. The van der Waals surface area contributed by atoms with Crippen LogP contribution < -0.4 is 5.32 Å². The lowest BCUT2D eigenvalue weighted by Crippen LogP contribution is -2.12. The highest BCUT2D eigenvalue weighted by Crippen LogP contribution is 2.21. The van der Waals surface area contributed by atoms with Crippen LogP contribution in [0, 0.1) is 6.92 Å². The maximum Gasteiger partial charge on any atom is 0.225 e. The predicted octanol–water partition coefficient (Wildman–Crippen LogP) is 2.36. The molecule has 76 valence electrons. The SMILES string of the molecule is CC(=O)CCC(=O)Nc1sccc1C. The molecule has 0 aromatic carbocycles. The molecule has 0 spiro atoms. The van der Waals surface area contributed by atoms with Gasteiger partial charge >= 0.3 is 0 Å². The minimum absolute atomic E-state index is 0.0445. The van der Waals surface area contributed by atoms with E-state index < -0.39 is 0 Å². The Labute approximate surface area is 87.1 Å². The fourth-order valence-electron chi connectivity index (χ4n) is 0.979. The van der Waals surface area contributed by atoms with Crippen LogP contribution in [0.4, 0.5) is 5.00 Å². The largest absolute Gasteiger partial charge is 0.317 e. The Bertz CT molecular complexity index is 344. The highest BCUT2D eigenvalue weighted by atomic mass is 32.1. The average molecular weight is 211 g/mol. The van der Waals surface area contributed by atoms with Crippen LogP contribution in [-0.4, -0.2) is 11.7 Å². The molecule has 0 radical (unpaired) electrons. The van der Waals surface area contributed by atoms with Gasteiger partial charge in [-0.3, -0.25) is 4.79 Å². The lowest BCUT2D eigenvalue weighted by Gasteiger charge is -2.02. The molecule has 0 fully saturated rings. The first-order valence-electron chi connectivity index (χ1n) is 4.43. The van der Waals surface area contributed by atoms with Crippen LogP contribution in [0.1, 0.15) is 25.3 Å². The minimum Gasteiger partial charge on any atom is -0.317 e. The van der Waals surface area contributed by atoms with Crippen LogP contribution in [-0.2, 0) is 9.59 Å². The fourth-order valence-corrected chi connectivity index (χ4v) is 1.81. The molecule has 1 heterocycles. The number of amides is 1. The molecule has 0 aliphatic heterocycles. The summed E-state index contributed by atoms with van der Waals surface area (Å²) in [4.78, 5) is 22.0. The molecule has 0 saturated heterocycles. The lowest BCUT2D eigenvalue weighted by molar-refractivity contribution is -0.121. The van der Waals surface area contributed by atoms with E-state index in [1.54, 1.807) is 0 Å². The van der Waals surface area contributed by atoms with E-state index in [1.165, 1.54) is 18.3 Å². The van der Waals surface area contributed by atoms with Crippen LogP contribution in [0.25, 0.3) is 0 Å². The summed E-state index contributed by atoms with van der Waals surface area (Å²) < 4.78 is 0. The number of nitrogens with one attached hydrogen (secondary N) is 1. The van der Waals surface area contributed by atoms with Crippen LogP contribution >= 0.6 is 11.3 Å². The van der Waals surface area contributed by atoms with E-state index in [9.17, 15) is 9.59 Å². The van der Waals surface area contributed by atoms with Gasteiger partial charge in [0.25, 0.3) is 0 Å². The summed E-state index contributed by atoms with van der Waals surface area (Å²) in [5, 5.41) is 5.57. The van der Waals surface area contributed by atoms with Gasteiger partial charge in [0.05, 0.1) is 5.00 Å². The molecule has 1 rings (SSSR count). The van der Waals surface area contributed by atoms with Crippen LogP contribution in [0.2, 0.25) is 0 Å². The number of carbonyl (C=O) groups excluding carboxylic acids is 2. The Balaban J connectivity index is 2.42. The molecule has 3 nitrogen and oxygen atoms in total. The third kappa shape index (κ3) is 3.30. The number of hydrogen-bond donors (Lipinski definition) is 1. The monoisotopic (exact) mass is 211 g/mol. The van der Waals surface area contributed by atoms with Gasteiger partial charge in [-0.1, -0.05) is 0 Å². The number of hydrogen-bond acceptors (Lipinski definition) is 3. The molecule has 14 heavy (non-hydrogen) atoms. The second kappa shape index (κ2) is 4.91. The molecule has 4 heteroatoms. The van der Waals surface area contributed by atoms with Crippen molar-refractivity contribution < 1.29 is 9.59 Å². The molecule has 1 aromatic rings. The van der Waals surface area contributed by atoms with Gasteiger partial charge in [-0.15, -0.1) is 11.3 Å². The summed E-state index contributed by atoms with van der Waals surface area (Å²) in [6, 6.07) is 1.95. The van der Waals surface area contributed by atoms with E-state index in [4.69, 9.17) is 0 Å². The van der Waals surface area contributed by atoms with Crippen molar-refractivity contribution in [1.29, 1.82) is 0 Å². The summed E-state index contributed by atoms with van der Waals surface area (Å²) in [5.74, 6) is -0.0474. The Morgan fingerprint density at radius 3 is 2.64 bits per heavy atom. The van der Waals surface area contributed by atoms with Crippen LogP contribution in [0.15, 0.2) is 11.4 Å². The highest BCUT2D eigenvalue weighted by molar-refractivity contribution is 7.14. The second-order valence-corrected chi connectivity index (χ2v) is 4.10. The maximum atomic E-state index is 11.3. The van der Waals surface area contributed by atoms with Crippen molar-refractivity contribution in [3.8, 4) is 0 Å². The Morgan fingerprint density at radius 2 is 2.14 bits per heavy atom. The zero-order valence-electron chi connectivity index (χ0n) is 8.29. The van der Waals surface area contributed by atoms with E-state index in [0.717, 1.165) is 10.6 Å². The summed E-state index contributed by atoms with van der Waals surface area (Å²) >= 11 is 1.50. The van der Waals surface area contributed by atoms with E-state index in [2.05, 4.69) is 5.32 Å². The number of Topliss-reactive ketones (excluding diaryl/α,β-unsaturated/α-hetero) is 1. The van der Waals surface area contributed by atoms with Crippen molar-refractivity contribution in [3.63, 3.8) is 0 Å². The van der Waals surface area contributed by atoms with E-state index in [1.807, 2.05) is 18.4 Å². The molecule has 0 unspecified atom stereocenters. The minimum atomic E-state index is -0.0919. The predicted molar refractivity (Wildman–Crippen MR) is 57.6 cm³/mol. The normalized spacial score (nSPS) is 9.86. The van der Waals surface area contributed by atoms with Crippen molar-refractivity contribution in [2.45, 2.75) is 26.7 Å². The number of ketones is 1. The third-order valence-corrected chi connectivity index (χ3v) is 2.75. The molecular weight excluding hydrogens is 198 g/mol. The van der Waals surface area contributed by atoms with Gasteiger partial charge < -0.3 is 10.1 Å². The fraction of sp³-hybridized carbons (Fsp3) is 0.400. The van der Waals surface area contributed by atoms with Crippen molar-refractivity contribution >= 4 is 28.0 Å². The number of carbonyl (C=O) groups is 2. The second-order valence-electron chi connectivity index (χ2n) is 3.18. The molecule has 0 atom stereocenters. The van der Waals surface area contributed by atoms with Gasteiger partial charge in [0, 0.05) is 12.8 Å². The van der Waals surface area contributed by atoms with Crippen molar-refractivity contribution in [2.24, 2.45) is 0 Å². The number of anilines is 1. The number of aryl methyl sites for hydroxylation is 1. The van der Waals surface area contributed by atoms with Crippen LogP contribution in [0.5, 0.6) is 0 Å². The molecule has 1 N–H and O–H groups in total. The Kier molecular flexibility index (Phi) is 3.83. The van der Waals surface area contributed by atoms with Crippen molar-refractivity contribution in [1.82, 2.24) is 0 Å². The molecule has 0 aliphatic carbocycles. The van der Waals surface area contributed by atoms with Gasteiger partial charge in [0.2, 0.25) is 5.91 Å². The molecule has 0 saturated carbocycles.